The molecule has 0 spiro atoms. The van der Waals surface area contributed by atoms with Gasteiger partial charge in [0.15, 0.2) is 0 Å². The quantitative estimate of drug-likeness (QED) is 0.748. The molecule has 1 aromatic carbocycles. The van der Waals surface area contributed by atoms with Crippen LogP contribution in [-0.2, 0) is 16.3 Å². The number of rotatable bonds is 2. The van der Waals surface area contributed by atoms with Gasteiger partial charge in [0.05, 0.1) is 11.0 Å². The fourth-order valence-corrected chi connectivity index (χ4v) is 4.91. The van der Waals surface area contributed by atoms with E-state index in [1.165, 1.54) is 0 Å². The minimum atomic E-state index is -5.89. The fourth-order valence-electron chi connectivity index (χ4n) is 3.89. The number of fused-ring (bicyclic) bond motifs is 1. The van der Waals surface area contributed by atoms with E-state index in [0.29, 0.717) is 25.3 Å². The number of hydrogen-bond donors (Lipinski definition) is 2. The molecule has 0 heterocycles. The largest absolute Gasteiger partial charge is 0.501 e. The first kappa shape index (κ1) is 19.5. The molecule has 0 radical (unpaired) electrons. The summed E-state index contributed by atoms with van der Waals surface area (Å²) in [6.45, 7) is 0. The molecule has 3 rings (SSSR count). The van der Waals surface area contributed by atoms with E-state index in [1.54, 1.807) is 0 Å². The number of halogens is 5. The van der Waals surface area contributed by atoms with Gasteiger partial charge in [-0.2, -0.15) is 13.2 Å². The topological polar surface area (TPSA) is 74.6 Å². The highest BCUT2D eigenvalue weighted by molar-refractivity contribution is 7.92. The van der Waals surface area contributed by atoms with Gasteiger partial charge in [0, 0.05) is 12.0 Å². The summed E-state index contributed by atoms with van der Waals surface area (Å²) in [6, 6.07) is 1.75. The minimum Gasteiger partial charge on any atom is -0.393 e. The number of benzene rings is 1. The number of aliphatic hydroxyl groups is 2. The van der Waals surface area contributed by atoms with Gasteiger partial charge in [-0.1, -0.05) is 12.5 Å². The Morgan fingerprint density at radius 3 is 2.35 bits per heavy atom. The number of alkyl halides is 5. The first-order valence-corrected chi connectivity index (χ1v) is 9.55. The van der Waals surface area contributed by atoms with Gasteiger partial charge in [0.2, 0.25) is 0 Å². The average molecular weight is 400 g/mol. The van der Waals surface area contributed by atoms with E-state index < -0.39 is 50.4 Å². The summed E-state index contributed by atoms with van der Waals surface area (Å²) in [4.78, 5) is -1.33. The van der Waals surface area contributed by atoms with E-state index >= 15 is 0 Å². The van der Waals surface area contributed by atoms with E-state index in [1.807, 2.05) is 0 Å². The predicted octanol–water partition coefficient (Wildman–Crippen LogP) is 3.22. The number of hydrogen-bond acceptors (Lipinski definition) is 4. The number of sulfone groups is 1. The zero-order chi connectivity index (χ0) is 19.5. The fraction of sp³-hybridized carbons (Fsp3) is 0.625. The Balaban J connectivity index is 2.19. The lowest BCUT2D eigenvalue weighted by molar-refractivity contribution is -0.0978. The maximum Gasteiger partial charge on any atom is 0.501 e. The molecule has 0 unspecified atom stereocenters. The molecular weight excluding hydrogens is 383 g/mol. The molecule has 3 atom stereocenters. The van der Waals surface area contributed by atoms with Crippen molar-refractivity contribution < 1.29 is 40.6 Å². The second-order valence-electron chi connectivity index (χ2n) is 6.85. The van der Waals surface area contributed by atoms with Crippen molar-refractivity contribution in [1.82, 2.24) is 0 Å². The maximum absolute atomic E-state index is 14.0. The Bertz CT molecular complexity index is 819. The van der Waals surface area contributed by atoms with E-state index in [0.717, 1.165) is 6.07 Å². The zero-order valence-electron chi connectivity index (χ0n) is 13.4. The normalized spacial score (nSPS) is 28.8. The Morgan fingerprint density at radius 2 is 1.77 bits per heavy atom. The molecule has 0 amide bonds. The standard InChI is InChI=1S/C16H17F5O4S/c17-15(18)7-11-10(8-2-1-3-9(22)6-8)4-5-12(13(11)14(15)23)26(24,25)16(19,20)21/h4-5,8-9,14,22-23H,1-3,6-7H2/t8-,9-,14+/m1/s1. The van der Waals surface area contributed by atoms with E-state index in [-0.39, 0.29) is 23.5 Å². The van der Waals surface area contributed by atoms with Crippen LogP contribution in [0.5, 0.6) is 0 Å². The van der Waals surface area contributed by atoms with Gasteiger partial charge in [-0.3, -0.25) is 0 Å². The van der Waals surface area contributed by atoms with Crippen LogP contribution >= 0.6 is 0 Å². The predicted molar refractivity (Wildman–Crippen MR) is 80.5 cm³/mol. The maximum atomic E-state index is 14.0. The van der Waals surface area contributed by atoms with Gasteiger partial charge in [-0.05, 0) is 42.4 Å². The van der Waals surface area contributed by atoms with Crippen molar-refractivity contribution in [3.63, 3.8) is 0 Å². The van der Waals surface area contributed by atoms with Crippen LogP contribution in [-0.4, -0.2) is 36.2 Å². The molecule has 0 saturated heterocycles. The highest BCUT2D eigenvalue weighted by Crippen LogP contribution is 2.51. The molecule has 26 heavy (non-hydrogen) atoms. The lowest BCUT2D eigenvalue weighted by Gasteiger charge is -2.28. The summed E-state index contributed by atoms with van der Waals surface area (Å²) in [5.41, 5.74) is -6.52. The van der Waals surface area contributed by atoms with Crippen molar-refractivity contribution in [1.29, 1.82) is 0 Å². The zero-order valence-corrected chi connectivity index (χ0v) is 14.2. The second kappa shape index (κ2) is 6.13. The van der Waals surface area contributed by atoms with Crippen LogP contribution in [0.3, 0.4) is 0 Å². The van der Waals surface area contributed by atoms with Gasteiger partial charge >= 0.3 is 5.51 Å². The Morgan fingerprint density at radius 1 is 1.12 bits per heavy atom. The van der Waals surface area contributed by atoms with Gasteiger partial charge in [0.25, 0.3) is 15.8 Å². The molecule has 2 N–H and O–H groups in total. The summed E-state index contributed by atoms with van der Waals surface area (Å²) < 4.78 is 90.4. The lowest BCUT2D eigenvalue weighted by atomic mass is 9.80. The van der Waals surface area contributed by atoms with Crippen molar-refractivity contribution in [3.05, 3.63) is 28.8 Å². The second-order valence-corrected chi connectivity index (χ2v) is 8.76. The van der Waals surface area contributed by atoms with Gasteiger partial charge in [-0.25, -0.2) is 17.2 Å². The first-order chi connectivity index (χ1) is 11.9. The summed E-state index contributed by atoms with van der Waals surface area (Å²) in [6.07, 6.45) is -2.38. The highest BCUT2D eigenvalue weighted by atomic mass is 32.2. The minimum absolute atomic E-state index is 0.249. The van der Waals surface area contributed by atoms with Crippen molar-refractivity contribution >= 4 is 9.84 Å². The molecule has 0 aliphatic heterocycles. The van der Waals surface area contributed by atoms with Gasteiger partial charge < -0.3 is 10.2 Å². The van der Waals surface area contributed by atoms with Crippen LogP contribution in [0.1, 0.15) is 54.4 Å². The molecule has 1 saturated carbocycles. The SMILES string of the molecule is O=S(=O)(c1ccc([C@@H]2CCC[C@@H](O)C2)c2c1[C@H](O)C(F)(F)C2)C(F)(F)F. The van der Waals surface area contributed by atoms with Crippen LogP contribution in [0.2, 0.25) is 0 Å². The molecule has 2 aliphatic carbocycles. The Hall–Kier alpha value is -1.26. The summed E-state index contributed by atoms with van der Waals surface area (Å²) >= 11 is 0. The summed E-state index contributed by atoms with van der Waals surface area (Å²) in [5.74, 6) is -4.14. The van der Waals surface area contributed by atoms with Gasteiger partial charge in [-0.15, -0.1) is 0 Å². The summed E-state index contributed by atoms with van der Waals surface area (Å²) in [7, 11) is -5.89. The van der Waals surface area contributed by atoms with Crippen molar-refractivity contribution in [2.24, 2.45) is 0 Å². The molecule has 4 nitrogen and oxygen atoms in total. The van der Waals surface area contributed by atoms with Gasteiger partial charge in [0.1, 0.15) is 6.10 Å². The molecule has 2 aliphatic rings. The Labute approximate surface area is 146 Å². The van der Waals surface area contributed by atoms with Crippen LogP contribution in [0.4, 0.5) is 22.0 Å². The molecular formula is C16H17F5O4S. The summed E-state index contributed by atoms with van der Waals surface area (Å²) in [5, 5.41) is 19.7. The van der Waals surface area contributed by atoms with Crippen LogP contribution in [0.15, 0.2) is 17.0 Å². The Kier molecular flexibility index (Phi) is 4.60. The van der Waals surface area contributed by atoms with Crippen LogP contribution in [0, 0.1) is 0 Å². The monoisotopic (exact) mass is 400 g/mol. The van der Waals surface area contributed by atoms with E-state index in [4.69, 9.17) is 0 Å². The third-order valence-electron chi connectivity index (χ3n) is 5.12. The molecule has 146 valence electrons. The first-order valence-electron chi connectivity index (χ1n) is 8.07. The van der Waals surface area contributed by atoms with E-state index in [9.17, 15) is 40.6 Å². The highest BCUT2D eigenvalue weighted by Gasteiger charge is 2.55. The van der Waals surface area contributed by atoms with Crippen molar-refractivity contribution in [2.75, 3.05) is 0 Å². The molecule has 10 heteroatoms. The van der Waals surface area contributed by atoms with Crippen molar-refractivity contribution in [3.8, 4) is 0 Å². The average Bonchev–Trinajstić information content (AvgIpc) is 2.75. The van der Waals surface area contributed by atoms with Crippen LogP contribution < -0.4 is 0 Å². The van der Waals surface area contributed by atoms with Crippen LogP contribution in [0.25, 0.3) is 0 Å². The van der Waals surface area contributed by atoms with Crippen molar-refractivity contribution in [2.45, 2.75) is 66.6 Å². The third-order valence-corrected chi connectivity index (χ3v) is 6.66. The molecule has 1 fully saturated rings. The molecule has 0 aromatic heterocycles. The number of aliphatic hydroxyl groups excluding tert-OH is 2. The molecule has 0 bridgehead atoms. The smallest absolute Gasteiger partial charge is 0.393 e. The molecule has 1 aromatic rings. The third kappa shape index (κ3) is 3.01. The van der Waals surface area contributed by atoms with E-state index in [2.05, 4.69) is 0 Å². The lowest BCUT2D eigenvalue weighted by Crippen LogP contribution is -2.27.